The Morgan fingerprint density at radius 3 is 2.66 bits per heavy atom. The van der Waals surface area contributed by atoms with E-state index in [0.29, 0.717) is 0 Å². The highest BCUT2D eigenvalue weighted by molar-refractivity contribution is 5.95. The van der Waals surface area contributed by atoms with Gasteiger partial charge in [0.05, 0.1) is 31.5 Å². The molecule has 0 radical (unpaired) electrons. The second kappa shape index (κ2) is 9.76. The van der Waals surface area contributed by atoms with Gasteiger partial charge in [0, 0.05) is 42.9 Å². The minimum atomic E-state index is -0.516. The second-order valence-corrected chi connectivity index (χ2v) is 6.46. The first-order chi connectivity index (χ1) is 14.1. The summed E-state index contributed by atoms with van der Waals surface area (Å²) in [6.07, 6.45) is 1.55. The van der Waals surface area contributed by atoms with Crippen molar-refractivity contribution >= 4 is 17.8 Å². The molecule has 29 heavy (non-hydrogen) atoms. The van der Waals surface area contributed by atoms with Crippen LogP contribution in [0.25, 0.3) is 0 Å². The molecule has 0 aliphatic carbocycles. The van der Waals surface area contributed by atoms with Crippen molar-refractivity contribution in [1.29, 1.82) is 0 Å². The van der Waals surface area contributed by atoms with Crippen molar-refractivity contribution in [2.45, 2.75) is 6.54 Å². The van der Waals surface area contributed by atoms with Gasteiger partial charge in [-0.2, -0.15) is 5.10 Å². The highest BCUT2D eigenvalue weighted by atomic mass is 16.6. The topological polar surface area (TPSA) is 106 Å². The van der Waals surface area contributed by atoms with Crippen molar-refractivity contribution < 1.29 is 19.2 Å². The number of rotatable bonds is 7. The zero-order chi connectivity index (χ0) is 20.6. The molecule has 1 heterocycles. The van der Waals surface area contributed by atoms with Crippen LogP contribution in [0.3, 0.4) is 0 Å². The fraction of sp³-hybridized carbons (Fsp3) is 0.300. The van der Waals surface area contributed by atoms with Gasteiger partial charge in [0.2, 0.25) is 0 Å². The number of ether oxygens (including phenoxy) is 2. The minimum absolute atomic E-state index is 0.0731. The lowest BCUT2D eigenvalue weighted by atomic mass is 10.1. The molecule has 0 atom stereocenters. The van der Waals surface area contributed by atoms with E-state index >= 15 is 0 Å². The van der Waals surface area contributed by atoms with E-state index < -0.39 is 10.8 Å². The highest BCUT2D eigenvalue weighted by Crippen LogP contribution is 2.21. The number of methoxy groups -OCH3 is 1. The van der Waals surface area contributed by atoms with Crippen LogP contribution in [0.4, 0.5) is 5.69 Å². The summed E-state index contributed by atoms with van der Waals surface area (Å²) in [6, 6.07) is 11.0. The number of nitro benzene ring substituents is 1. The standard InChI is InChI=1S/C20H22N4O5/c1-28-19-7-2-15(12-17(19)14-23-8-10-29-11-9-23)13-21-22-20(25)16-3-5-18(6-4-16)24(26)27/h2-7,12-13H,8-11,14H2,1H3,(H,22,25)/b21-13+. The van der Waals surface area contributed by atoms with Crippen LogP contribution in [0.5, 0.6) is 5.75 Å². The van der Waals surface area contributed by atoms with E-state index in [-0.39, 0.29) is 11.3 Å². The summed E-state index contributed by atoms with van der Waals surface area (Å²) in [5, 5.41) is 14.7. The molecule has 1 N–H and O–H groups in total. The molecule has 0 unspecified atom stereocenters. The first-order valence-electron chi connectivity index (χ1n) is 9.11. The third-order valence-corrected chi connectivity index (χ3v) is 4.52. The van der Waals surface area contributed by atoms with Gasteiger partial charge in [-0.3, -0.25) is 19.8 Å². The zero-order valence-corrected chi connectivity index (χ0v) is 16.0. The molecular formula is C20H22N4O5. The van der Waals surface area contributed by atoms with E-state index in [1.165, 1.54) is 24.3 Å². The lowest BCUT2D eigenvalue weighted by Crippen LogP contribution is -2.35. The Morgan fingerprint density at radius 2 is 2.00 bits per heavy atom. The normalized spacial score (nSPS) is 14.7. The second-order valence-electron chi connectivity index (χ2n) is 6.46. The van der Waals surface area contributed by atoms with Gasteiger partial charge < -0.3 is 9.47 Å². The SMILES string of the molecule is COc1ccc(/C=N/NC(=O)c2ccc([N+](=O)[O-])cc2)cc1CN1CCOCC1. The lowest BCUT2D eigenvalue weighted by Gasteiger charge is -2.27. The van der Waals surface area contributed by atoms with Crippen molar-refractivity contribution in [3.05, 3.63) is 69.3 Å². The van der Waals surface area contributed by atoms with Gasteiger partial charge in [-0.25, -0.2) is 5.43 Å². The Bertz CT molecular complexity index is 892. The average Bonchev–Trinajstić information content (AvgIpc) is 2.74. The number of non-ortho nitro benzene ring substituents is 1. The van der Waals surface area contributed by atoms with Gasteiger partial charge >= 0.3 is 0 Å². The summed E-state index contributed by atoms with van der Waals surface area (Å²) < 4.78 is 10.8. The van der Waals surface area contributed by atoms with Gasteiger partial charge in [0.15, 0.2) is 0 Å². The highest BCUT2D eigenvalue weighted by Gasteiger charge is 2.14. The quantitative estimate of drug-likeness (QED) is 0.435. The van der Waals surface area contributed by atoms with Crippen LogP contribution in [0, 0.1) is 10.1 Å². The molecule has 2 aromatic carbocycles. The Balaban J connectivity index is 1.64. The minimum Gasteiger partial charge on any atom is -0.496 e. The molecule has 2 aromatic rings. The van der Waals surface area contributed by atoms with Crippen LogP contribution in [-0.2, 0) is 11.3 Å². The van der Waals surface area contributed by atoms with Crippen LogP contribution >= 0.6 is 0 Å². The molecule has 0 bridgehead atoms. The number of hydrogen-bond acceptors (Lipinski definition) is 7. The maximum Gasteiger partial charge on any atom is 0.271 e. The van der Waals surface area contributed by atoms with Gasteiger partial charge in [0.25, 0.3) is 11.6 Å². The molecule has 1 saturated heterocycles. The predicted molar refractivity (Wildman–Crippen MR) is 107 cm³/mol. The summed E-state index contributed by atoms with van der Waals surface area (Å²) in [5.74, 6) is 0.349. The van der Waals surface area contributed by atoms with Crippen LogP contribution in [0.15, 0.2) is 47.6 Å². The van der Waals surface area contributed by atoms with E-state index in [4.69, 9.17) is 9.47 Å². The number of carbonyl (C=O) groups is 1. The number of amides is 1. The molecule has 9 nitrogen and oxygen atoms in total. The van der Waals surface area contributed by atoms with Crippen molar-refractivity contribution in [1.82, 2.24) is 10.3 Å². The Kier molecular flexibility index (Phi) is 6.88. The third kappa shape index (κ3) is 5.59. The molecular weight excluding hydrogens is 376 g/mol. The maximum absolute atomic E-state index is 12.1. The number of nitrogens with zero attached hydrogens (tertiary/aromatic N) is 3. The van der Waals surface area contributed by atoms with E-state index in [9.17, 15) is 14.9 Å². The van der Waals surface area contributed by atoms with Crippen molar-refractivity contribution in [3.63, 3.8) is 0 Å². The van der Waals surface area contributed by atoms with E-state index in [0.717, 1.165) is 49.7 Å². The van der Waals surface area contributed by atoms with Crippen LogP contribution in [0.2, 0.25) is 0 Å². The largest absolute Gasteiger partial charge is 0.496 e. The molecule has 1 fully saturated rings. The van der Waals surface area contributed by atoms with Crippen molar-refractivity contribution in [2.75, 3.05) is 33.4 Å². The van der Waals surface area contributed by atoms with Gasteiger partial charge in [-0.1, -0.05) is 0 Å². The molecule has 0 aromatic heterocycles. The number of hydrazone groups is 1. The monoisotopic (exact) mass is 398 g/mol. The summed E-state index contributed by atoms with van der Waals surface area (Å²) in [7, 11) is 1.64. The Labute approximate surface area is 168 Å². The number of nitrogens with one attached hydrogen (secondary N) is 1. The van der Waals surface area contributed by atoms with E-state index in [1.54, 1.807) is 13.3 Å². The molecule has 1 amide bonds. The van der Waals surface area contributed by atoms with E-state index in [2.05, 4.69) is 15.4 Å². The molecule has 1 aliphatic heterocycles. The Morgan fingerprint density at radius 1 is 1.28 bits per heavy atom. The first kappa shape index (κ1) is 20.4. The number of nitro groups is 1. The predicted octanol–water partition coefficient (Wildman–Crippen LogP) is 2.20. The maximum atomic E-state index is 12.1. The van der Waals surface area contributed by atoms with Crippen LogP contribution < -0.4 is 10.2 Å². The van der Waals surface area contributed by atoms with Crippen molar-refractivity contribution in [3.8, 4) is 5.75 Å². The summed E-state index contributed by atoms with van der Waals surface area (Å²) in [6.45, 7) is 3.92. The number of carbonyl (C=O) groups excluding carboxylic acids is 1. The van der Waals surface area contributed by atoms with Gasteiger partial charge in [-0.05, 0) is 35.9 Å². The molecule has 0 saturated carbocycles. The summed E-state index contributed by atoms with van der Waals surface area (Å²) >= 11 is 0. The fourth-order valence-electron chi connectivity index (χ4n) is 2.97. The number of hydrogen-bond donors (Lipinski definition) is 1. The molecule has 9 heteroatoms. The van der Waals surface area contributed by atoms with Crippen LogP contribution in [0.1, 0.15) is 21.5 Å². The number of morpholine rings is 1. The molecule has 152 valence electrons. The van der Waals surface area contributed by atoms with Crippen LogP contribution in [-0.4, -0.2) is 55.4 Å². The smallest absolute Gasteiger partial charge is 0.271 e. The lowest BCUT2D eigenvalue weighted by molar-refractivity contribution is -0.384. The number of benzene rings is 2. The molecule has 3 rings (SSSR count). The third-order valence-electron chi connectivity index (χ3n) is 4.52. The Hall–Kier alpha value is -3.30. The van der Waals surface area contributed by atoms with Crippen molar-refractivity contribution in [2.24, 2.45) is 5.10 Å². The fourth-order valence-corrected chi connectivity index (χ4v) is 2.97. The van der Waals surface area contributed by atoms with Gasteiger partial charge in [-0.15, -0.1) is 0 Å². The average molecular weight is 398 g/mol. The molecule has 0 spiro atoms. The molecule has 1 aliphatic rings. The summed E-state index contributed by atoms with van der Waals surface area (Å²) in [5.41, 5.74) is 4.49. The van der Waals surface area contributed by atoms with E-state index in [1.807, 2.05) is 18.2 Å². The zero-order valence-electron chi connectivity index (χ0n) is 16.0. The first-order valence-corrected chi connectivity index (χ1v) is 9.11. The van der Waals surface area contributed by atoms with Gasteiger partial charge in [0.1, 0.15) is 5.75 Å². The summed E-state index contributed by atoms with van der Waals surface area (Å²) in [4.78, 5) is 24.6.